The Morgan fingerprint density at radius 1 is 0.722 bits per heavy atom. The van der Waals surface area contributed by atoms with Crippen molar-refractivity contribution in [3.05, 3.63) is 29.3 Å². The molecular formula is C20H28N10O20P4. The monoisotopic (exact) mass is 852 g/mol. The van der Waals surface area contributed by atoms with Gasteiger partial charge < -0.3 is 60.9 Å². The minimum atomic E-state index is -6.27. The molecule has 298 valence electrons. The average molecular weight is 852 g/mol. The van der Waals surface area contributed by atoms with Crippen LogP contribution in [0, 0.1) is 0 Å². The van der Waals surface area contributed by atoms with Crippen LogP contribution in [-0.4, -0.2) is 129 Å². The van der Waals surface area contributed by atoms with Crippen molar-refractivity contribution in [2.45, 2.75) is 49.1 Å². The fourth-order valence-electron chi connectivity index (χ4n) is 5.21. The highest BCUT2D eigenvalue weighted by molar-refractivity contribution is 7.69. The fraction of sp³-hybridized carbons (Fsp3) is 0.500. The minimum Gasteiger partial charge on any atom is -0.387 e. The molecule has 0 radical (unpaired) electrons. The summed E-state index contributed by atoms with van der Waals surface area (Å²) in [6.45, 7) is -2.32. The van der Waals surface area contributed by atoms with Gasteiger partial charge in [-0.3, -0.25) is 28.0 Å². The third-order valence-electron chi connectivity index (χ3n) is 7.47. The molecule has 30 nitrogen and oxygen atoms in total. The number of nitrogens with two attached hydrogens (primary N) is 2. The van der Waals surface area contributed by atoms with Crippen LogP contribution in [-0.2, 0) is 49.7 Å². The molecule has 4 aromatic rings. The summed E-state index contributed by atoms with van der Waals surface area (Å²) in [7, 11) is -24.0. The average Bonchev–Trinajstić information content (AvgIpc) is 3.79. The molecule has 0 aliphatic carbocycles. The third kappa shape index (κ3) is 8.47. The van der Waals surface area contributed by atoms with Gasteiger partial charge in [-0.05, 0) is 0 Å². The van der Waals surface area contributed by atoms with Crippen LogP contribution in [0.4, 0.5) is 11.8 Å². The second-order valence-electron chi connectivity index (χ2n) is 11.2. The van der Waals surface area contributed by atoms with Crippen LogP contribution >= 0.6 is 31.3 Å². The molecule has 0 bridgehead atoms. The number of imidazole rings is 2. The van der Waals surface area contributed by atoms with Gasteiger partial charge in [-0.25, -0.2) is 38.2 Å². The molecule has 0 spiro atoms. The van der Waals surface area contributed by atoms with Crippen LogP contribution < -0.4 is 17.0 Å². The van der Waals surface area contributed by atoms with Crippen molar-refractivity contribution in [1.82, 2.24) is 39.0 Å². The third-order valence-corrected chi connectivity index (χ3v) is 13.4. The van der Waals surface area contributed by atoms with E-state index in [-0.39, 0.29) is 34.1 Å². The molecule has 54 heavy (non-hydrogen) atoms. The number of nitrogens with zero attached hydrogens (tertiary/aromatic N) is 7. The van der Waals surface area contributed by atoms with Crippen LogP contribution in [0.2, 0.25) is 0 Å². The van der Waals surface area contributed by atoms with Crippen LogP contribution in [0.3, 0.4) is 0 Å². The molecule has 34 heteroatoms. The molecule has 2 aliphatic heterocycles. The Morgan fingerprint density at radius 2 is 1.24 bits per heavy atom. The van der Waals surface area contributed by atoms with E-state index in [2.05, 4.69) is 42.8 Å². The number of nitrogen functional groups attached to an aromatic ring is 2. The number of phosphoric acid groups is 4. The molecular weight excluding hydrogens is 824 g/mol. The molecule has 3 unspecified atom stereocenters. The maximum absolute atomic E-state index is 13.8. The van der Waals surface area contributed by atoms with Gasteiger partial charge in [0.25, 0.3) is 5.56 Å². The first-order chi connectivity index (χ1) is 25.1. The highest BCUT2D eigenvalue weighted by atomic mass is 31.3. The number of rotatable bonds is 14. The number of ether oxygens (including phenoxy) is 2. The Kier molecular flexibility index (Phi) is 11.0. The predicted octanol–water partition coefficient (Wildman–Crippen LogP) is -3.15. The van der Waals surface area contributed by atoms with Crippen molar-refractivity contribution in [2.75, 3.05) is 24.7 Å². The first kappa shape index (κ1) is 40.5. The predicted molar refractivity (Wildman–Crippen MR) is 169 cm³/mol. The number of hydrogen-bond donors (Lipinski definition) is 11. The fourth-order valence-corrected chi connectivity index (χ4v) is 10.2. The Morgan fingerprint density at radius 3 is 1.80 bits per heavy atom. The topological polar surface area (TPSA) is 454 Å². The van der Waals surface area contributed by atoms with E-state index in [1.807, 2.05) is 0 Å². The first-order valence-corrected chi connectivity index (χ1v) is 20.5. The SMILES string of the molecule is Nc1nc2c(ncn2[C@@H]2O[C@H](COP(=O)(OC[C@H]3O[C@@H](n4cnc5c(N)ncnc54)[C@H](O)[C@@H]3O)OP(=O)(O)OP(=O)(O)OP(=O)(O)O)[C@@H](O)[C@H]2O)c(=O)[nH]1. The van der Waals surface area contributed by atoms with Gasteiger partial charge in [-0.2, -0.15) is 17.9 Å². The number of phosphoric ester groups is 1. The van der Waals surface area contributed by atoms with Crippen molar-refractivity contribution in [3.8, 4) is 0 Å². The Labute approximate surface area is 297 Å². The normalized spacial score (nSPS) is 29.7. The number of aliphatic hydroxyl groups excluding tert-OH is 4. The zero-order valence-electron chi connectivity index (χ0n) is 26.3. The summed E-state index contributed by atoms with van der Waals surface area (Å²) in [6, 6.07) is 0. The number of fused-ring (bicyclic) bond motifs is 2. The van der Waals surface area contributed by atoms with Gasteiger partial charge in [-0.15, -0.1) is 0 Å². The molecule has 2 aliphatic rings. The van der Waals surface area contributed by atoms with Crippen molar-refractivity contribution in [1.29, 1.82) is 0 Å². The van der Waals surface area contributed by atoms with Gasteiger partial charge in [0, 0.05) is 0 Å². The lowest BCUT2D eigenvalue weighted by Crippen LogP contribution is -2.34. The van der Waals surface area contributed by atoms with Gasteiger partial charge >= 0.3 is 31.3 Å². The molecule has 0 aromatic carbocycles. The van der Waals surface area contributed by atoms with Crippen molar-refractivity contribution in [2.24, 2.45) is 0 Å². The Bertz CT molecular complexity index is 2300. The summed E-state index contributed by atoms with van der Waals surface area (Å²) < 4.78 is 84.5. The summed E-state index contributed by atoms with van der Waals surface area (Å²) >= 11 is 0. The van der Waals surface area contributed by atoms with Crippen LogP contribution in [0.15, 0.2) is 23.8 Å². The van der Waals surface area contributed by atoms with Gasteiger partial charge in [0.15, 0.2) is 35.1 Å². The zero-order valence-corrected chi connectivity index (χ0v) is 29.9. The lowest BCUT2D eigenvalue weighted by atomic mass is 10.1. The summed E-state index contributed by atoms with van der Waals surface area (Å²) in [5.74, 6) is -0.389. The lowest BCUT2D eigenvalue weighted by molar-refractivity contribution is -0.0607. The first-order valence-electron chi connectivity index (χ1n) is 14.5. The highest BCUT2D eigenvalue weighted by Crippen LogP contribution is 2.72. The van der Waals surface area contributed by atoms with Crippen LogP contribution in [0.5, 0.6) is 0 Å². The van der Waals surface area contributed by atoms with Gasteiger partial charge in [-0.1, -0.05) is 0 Å². The summed E-state index contributed by atoms with van der Waals surface area (Å²) in [5.41, 5.74) is 10.3. The number of H-pyrrole nitrogens is 1. The van der Waals surface area contributed by atoms with E-state index in [9.17, 15) is 53.3 Å². The maximum Gasteiger partial charge on any atom is 0.490 e. The highest BCUT2D eigenvalue weighted by Gasteiger charge is 2.51. The molecule has 6 rings (SSSR count). The number of aliphatic hydroxyl groups is 4. The summed E-state index contributed by atoms with van der Waals surface area (Å²) in [5, 5.41) is 42.9. The Hall–Kier alpha value is -3.18. The van der Waals surface area contributed by atoms with E-state index in [1.165, 1.54) is 0 Å². The molecule has 2 fully saturated rings. The molecule has 13 N–H and O–H groups in total. The Balaban J connectivity index is 1.22. The van der Waals surface area contributed by atoms with E-state index >= 15 is 0 Å². The second-order valence-corrected chi connectivity index (χ2v) is 17.4. The lowest BCUT2D eigenvalue weighted by Gasteiger charge is -2.24. The van der Waals surface area contributed by atoms with E-state index in [0.717, 1.165) is 28.1 Å². The number of aromatic nitrogens is 8. The van der Waals surface area contributed by atoms with Crippen LogP contribution in [0.25, 0.3) is 22.3 Å². The van der Waals surface area contributed by atoms with E-state index < -0.39 is 99.1 Å². The van der Waals surface area contributed by atoms with Crippen molar-refractivity contribution < 1.29 is 89.7 Å². The smallest absolute Gasteiger partial charge is 0.387 e. The number of aromatic amines is 1. The van der Waals surface area contributed by atoms with Gasteiger partial charge in [0.1, 0.15) is 48.5 Å². The van der Waals surface area contributed by atoms with E-state index in [4.69, 9.17) is 39.8 Å². The quantitative estimate of drug-likeness (QED) is 0.0558. The number of anilines is 2. The van der Waals surface area contributed by atoms with E-state index in [1.54, 1.807) is 0 Å². The molecule has 0 amide bonds. The van der Waals surface area contributed by atoms with Crippen LogP contribution in [0.1, 0.15) is 12.5 Å². The molecule has 0 saturated carbocycles. The number of nitrogens with one attached hydrogen (secondary N) is 1. The zero-order chi connectivity index (χ0) is 39.5. The molecule has 6 heterocycles. The standard InChI is InChI=1S/C20H28N10O20P4/c21-14-8-15(24-3-23-14)29(4-25-8)18-12(33)10(31)6(46-18)1-44-54(43,50-53(41,42)49-52(39,40)48-51(36,37)38)45-2-7-11(32)13(34)19(47-7)30-5-26-9-16(30)27-20(22)28-17(9)35/h3-7,10-13,18-19,31-34H,1-2H2,(H,39,40)(H,41,42)(H2,21,23,24)(H2,36,37,38)(H3,22,27,28,35)/t6-,7-,10-,11-,12-,13-,18-,19-,54?/m1/s1. The van der Waals surface area contributed by atoms with Crippen molar-refractivity contribution >= 4 is 65.4 Å². The van der Waals surface area contributed by atoms with E-state index in [0.29, 0.717) is 0 Å². The van der Waals surface area contributed by atoms with Gasteiger partial charge in [0.05, 0.1) is 25.9 Å². The maximum atomic E-state index is 13.8. The number of hydrogen-bond acceptors (Lipinski definition) is 23. The van der Waals surface area contributed by atoms with Crippen molar-refractivity contribution in [3.63, 3.8) is 0 Å². The summed E-state index contributed by atoms with van der Waals surface area (Å²) in [6.07, 6.45) is -10.7. The largest absolute Gasteiger partial charge is 0.490 e. The molecule has 4 aromatic heterocycles. The molecule has 11 atom stereocenters. The minimum absolute atomic E-state index is 0.0404. The molecule has 2 saturated heterocycles. The van der Waals surface area contributed by atoms with Gasteiger partial charge in [0.2, 0.25) is 5.95 Å². The second kappa shape index (κ2) is 14.7. The summed E-state index contributed by atoms with van der Waals surface area (Å²) in [4.78, 5) is 71.3.